The second-order valence-electron chi connectivity index (χ2n) is 7.82. The van der Waals surface area contributed by atoms with Crippen molar-refractivity contribution in [2.45, 2.75) is 80.6 Å². The second kappa shape index (κ2) is 6.99. The summed E-state index contributed by atoms with van der Waals surface area (Å²) in [4.78, 5) is 0. The first-order valence-corrected chi connectivity index (χ1v) is 8.85. The van der Waals surface area contributed by atoms with Crippen LogP contribution in [0.25, 0.3) is 0 Å². The van der Waals surface area contributed by atoms with E-state index in [4.69, 9.17) is 0 Å². The molecule has 1 rings (SSSR count). The van der Waals surface area contributed by atoms with Crippen LogP contribution in [0, 0.1) is 16.2 Å². The lowest BCUT2D eigenvalue weighted by Crippen LogP contribution is -2.30. The number of hydrogen-bond donors (Lipinski definition) is 0. The predicted molar refractivity (Wildman–Crippen MR) is 96.5 cm³/mol. The zero-order valence-corrected chi connectivity index (χ0v) is 15.4. The van der Waals surface area contributed by atoms with E-state index in [1.807, 2.05) is 0 Å². The topological polar surface area (TPSA) is 0 Å². The van der Waals surface area contributed by atoms with Crippen LogP contribution in [-0.4, -0.2) is 0 Å². The molecule has 1 aliphatic carbocycles. The van der Waals surface area contributed by atoms with Crippen molar-refractivity contribution in [3.8, 4) is 0 Å². The van der Waals surface area contributed by atoms with E-state index < -0.39 is 0 Å². The van der Waals surface area contributed by atoms with Crippen LogP contribution in [0.15, 0.2) is 36.0 Å². The van der Waals surface area contributed by atoms with Crippen molar-refractivity contribution in [1.29, 1.82) is 0 Å². The summed E-state index contributed by atoms with van der Waals surface area (Å²) in [5.41, 5.74) is 2.47. The molecular formula is C21H36. The molecule has 120 valence electrons. The van der Waals surface area contributed by atoms with Crippen molar-refractivity contribution in [1.82, 2.24) is 0 Å². The molecule has 0 aromatic carbocycles. The zero-order chi connectivity index (χ0) is 16.1. The largest absolute Gasteiger partial charge is 0.0751 e. The van der Waals surface area contributed by atoms with Gasteiger partial charge in [-0.1, -0.05) is 91.7 Å². The van der Waals surface area contributed by atoms with Crippen LogP contribution in [0.1, 0.15) is 80.6 Å². The summed E-state index contributed by atoms with van der Waals surface area (Å²) in [5.74, 6) is 0. The molecule has 0 fully saturated rings. The lowest BCUT2D eigenvalue weighted by Gasteiger charge is -2.41. The summed E-state index contributed by atoms with van der Waals surface area (Å²) in [6.07, 6.45) is 18.0. The van der Waals surface area contributed by atoms with Crippen molar-refractivity contribution in [3.63, 3.8) is 0 Å². The molecule has 0 saturated heterocycles. The number of allylic oxidation sites excluding steroid dienone is 6. The van der Waals surface area contributed by atoms with E-state index in [-0.39, 0.29) is 5.41 Å². The molecular weight excluding hydrogens is 252 g/mol. The van der Waals surface area contributed by atoms with Crippen molar-refractivity contribution < 1.29 is 0 Å². The Kier molecular flexibility index (Phi) is 6.08. The molecule has 0 atom stereocenters. The Labute approximate surface area is 133 Å². The maximum Gasteiger partial charge on any atom is 0.00107 e. The Morgan fingerprint density at radius 3 is 1.95 bits per heavy atom. The molecule has 0 saturated carbocycles. The molecule has 0 nitrogen and oxygen atoms in total. The van der Waals surface area contributed by atoms with Gasteiger partial charge in [0.1, 0.15) is 0 Å². The number of hydrogen-bond acceptors (Lipinski definition) is 0. The molecule has 0 unspecified atom stereocenters. The molecule has 0 amide bonds. The first-order chi connectivity index (χ1) is 9.76. The van der Waals surface area contributed by atoms with Crippen LogP contribution in [0.3, 0.4) is 0 Å². The summed E-state index contributed by atoms with van der Waals surface area (Å²) in [6, 6.07) is 0. The van der Waals surface area contributed by atoms with Gasteiger partial charge in [0.15, 0.2) is 0 Å². The van der Waals surface area contributed by atoms with Gasteiger partial charge in [-0.2, -0.15) is 0 Å². The van der Waals surface area contributed by atoms with Crippen molar-refractivity contribution >= 4 is 0 Å². The Hall–Kier alpha value is -0.780. The fraction of sp³-hybridized carbons (Fsp3) is 0.714. The number of rotatable bonds is 7. The highest BCUT2D eigenvalue weighted by Gasteiger charge is 2.36. The molecule has 0 heteroatoms. The van der Waals surface area contributed by atoms with E-state index in [2.05, 4.69) is 78.8 Å². The van der Waals surface area contributed by atoms with E-state index >= 15 is 0 Å². The van der Waals surface area contributed by atoms with Crippen LogP contribution in [-0.2, 0) is 0 Å². The Morgan fingerprint density at radius 1 is 0.905 bits per heavy atom. The fourth-order valence-corrected chi connectivity index (χ4v) is 3.50. The van der Waals surface area contributed by atoms with Gasteiger partial charge in [-0.15, -0.1) is 0 Å². The monoisotopic (exact) mass is 288 g/mol. The SMILES string of the molecule is CCC(C)(CC)CC(CC)(CC)C1=CC=CC(C)(C)C=C1. The highest BCUT2D eigenvalue weighted by atomic mass is 14.4. The van der Waals surface area contributed by atoms with Crippen LogP contribution >= 0.6 is 0 Å². The Balaban J connectivity index is 3.17. The Bertz CT molecular complexity index is 409. The minimum absolute atomic E-state index is 0.171. The van der Waals surface area contributed by atoms with E-state index in [0.717, 1.165) is 0 Å². The van der Waals surface area contributed by atoms with Gasteiger partial charge in [-0.25, -0.2) is 0 Å². The van der Waals surface area contributed by atoms with Gasteiger partial charge in [0.05, 0.1) is 0 Å². The summed E-state index contributed by atoms with van der Waals surface area (Å²) >= 11 is 0. The van der Waals surface area contributed by atoms with Crippen molar-refractivity contribution in [2.75, 3.05) is 0 Å². The summed E-state index contributed by atoms with van der Waals surface area (Å²) in [7, 11) is 0. The van der Waals surface area contributed by atoms with E-state index in [0.29, 0.717) is 10.8 Å². The van der Waals surface area contributed by atoms with Crippen LogP contribution in [0.2, 0.25) is 0 Å². The fourth-order valence-electron chi connectivity index (χ4n) is 3.50. The quantitative estimate of drug-likeness (QED) is 0.469. The highest BCUT2D eigenvalue weighted by Crippen LogP contribution is 2.48. The third-order valence-electron chi connectivity index (χ3n) is 5.93. The lowest BCUT2D eigenvalue weighted by molar-refractivity contribution is 0.155. The van der Waals surface area contributed by atoms with Crippen molar-refractivity contribution in [3.05, 3.63) is 36.0 Å². The molecule has 21 heavy (non-hydrogen) atoms. The van der Waals surface area contributed by atoms with Gasteiger partial charge in [0.25, 0.3) is 0 Å². The van der Waals surface area contributed by atoms with Crippen LogP contribution in [0.5, 0.6) is 0 Å². The normalized spacial score (nSPS) is 18.5. The highest BCUT2D eigenvalue weighted by molar-refractivity contribution is 5.36. The van der Waals surface area contributed by atoms with E-state index in [9.17, 15) is 0 Å². The molecule has 0 aromatic rings. The zero-order valence-electron chi connectivity index (χ0n) is 15.4. The van der Waals surface area contributed by atoms with Gasteiger partial charge >= 0.3 is 0 Å². The smallest absolute Gasteiger partial charge is 0.00107 e. The molecule has 0 aliphatic heterocycles. The first-order valence-electron chi connectivity index (χ1n) is 8.85. The molecule has 0 radical (unpaired) electrons. The van der Waals surface area contributed by atoms with Gasteiger partial charge in [-0.3, -0.25) is 0 Å². The molecule has 0 aromatic heterocycles. The predicted octanol–water partition coefficient (Wildman–Crippen LogP) is 7.09. The third-order valence-corrected chi connectivity index (χ3v) is 5.93. The van der Waals surface area contributed by atoms with Crippen LogP contribution < -0.4 is 0 Å². The van der Waals surface area contributed by atoms with E-state index in [1.165, 1.54) is 37.7 Å². The third kappa shape index (κ3) is 4.34. The summed E-state index contributed by atoms with van der Waals surface area (Å²) in [5, 5.41) is 0. The summed E-state index contributed by atoms with van der Waals surface area (Å²) in [6.45, 7) is 16.4. The van der Waals surface area contributed by atoms with Gasteiger partial charge in [0.2, 0.25) is 0 Å². The van der Waals surface area contributed by atoms with Gasteiger partial charge in [-0.05, 0) is 35.7 Å². The van der Waals surface area contributed by atoms with Gasteiger partial charge in [0, 0.05) is 5.41 Å². The standard InChI is InChI=1S/C21H36/c1-8-20(7,9-2)17-21(10-3,11-4)18-13-12-15-19(5,6)16-14-18/h12-16H,8-11,17H2,1-7H3. The molecule has 0 spiro atoms. The molecule has 1 aliphatic rings. The van der Waals surface area contributed by atoms with Gasteiger partial charge < -0.3 is 0 Å². The summed E-state index contributed by atoms with van der Waals surface area (Å²) < 4.78 is 0. The Morgan fingerprint density at radius 2 is 1.48 bits per heavy atom. The van der Waals surface area contributed by atoms with E-state index in [1.54, 1.807) is 0 Å². The minimum atomic E-state index is 0.171. The maximum absolute atomic E-state index is 2.47. The maximum atomic E-state index is 2.47. The molecule has 0 N–H and O–H groups in total. The molecule has 0 heterocycles. The van der Waals surface area contributed by atoms with Crippen LogP contribution in [0.4, 0.5) is 0 Å². The lowest BCUT2D eigenvalue weighted by atomic mass is 9.63. The first kappa shape index (κ1) is 18.3. The van der Waals surface area contributed by atoms with Crippen molar-refractivity contribution in [2.24, 2.45) is 16.2 Å². The average molecular weight is 289 g/mol. The minimum Gasteiger partial charge on any atom is -0.0751 e. The molecule has 0 bridgehead atoms. The second-order valence-corrected chi connectivity index (χ2v) is 7.82. The average Bonchev–Trinajstić information content (AvgIpc) is 2.66.